The zero-order valence-electron chi connectivity index (χ0n) is 11.5. The third kappa shape index (κ3) is 2.36. The van der Waals surface area contributed by atoms with Gasteiger partial charge in [0, 0.05) is 17.1 Å². The van der Waals surface area contributed by atoms with Crippen LogP contribution in [0, 0.1) is 0 Å². The quantitative estimate of drug-likeness (QED) is 0.924. The first-order chi connectivity index (χ1) is 10.3. The van der Waals surface area contributed by atoms with Gasteiger partial charge in [-0.1, -0.05) is 0 Å². The lowest BCUT2D eigenvalue weighted by Gasteiger charge is -2.19. The molecule has 0 spiro atoms. The largest absolute Gasteiger partial charge is 0.377 e. The lowest BCUT2D eigenvalue weighted by Crippen LogP contribution is -2.36. The van der Waals surface area contributed by atoms with Crippen molar-refractivity contribution >= 4 is 16.5 Å². The summed E-state index contributed by atoms with van der Waals surface area (Å²) in [7, 11) is 0. The number of rotatable bonds is 3. The Morgan fingerprint density at radius 2 is 2.33 bits per heavy atom. The molecule has 3 heterocycles. The molecule has 2 unspecified atom stereocenters. The average molecular weight is 304 g/mol. The van der Waals surface area contributed by atoms with Crippen molar-refractivity contribution in [2.75, 3.05) is 18.5 Å². The van der Waals surface area contributed by atoms with Crippen LogP contribution >= 0.6 is 11.3 Å². The Morgan fingerprint density at radius 1 is 1.38 bits per heavy atom. The molecule has 1 saturated heterocycles. The van der Waals surface area contributed by atoms with Crippen LogP contribution in [0.2, 0.25) is 0 Å². The van der Waals surface area contributed by atoms with Gasteiger partial charge >= 0.3 is 0 Å². The van der Waals surface area contributed by atoms with Crippen molar-refractivity contribution in [2.45, 2.75) is 31.3 Å². The van der Waals surface area contributed by atoms with E-state index in [1.54, 1.807) is 23.6 Å². The highest BCUT2D eigenvalue weighted by molar-refractivity contribution is 7.15. The predicted octanol–water partition coefficient (Wildman–Crippen LogP) is 1.24. The van der Waals surface area contributed by atoms with E-state index in [4.69, 9.17) is 4.74 Å². The van der Waals surface area contributed by atoms with Crippen molar-refractivity contribution in [1.82, 2.24) is 14.8 Å². The fourth-order valence-corrected chi connectivity index (χ4v) is 4.06. The maximum absolute atomic E-state index is 11.9. The first kappa shape index (κ1) is 13.0. The first-order valence-electron chi connectivity index (χ1n) is 7.18. The third-order valence-electron chi connectivity index (χ3n) is 4.01. The molecule has 0 aromatic carbocycles. The highest BCUT2D eigenvalue weighted by atomic mass is 32.1. The standard InChI is InChI=1S/C14H16N4O2S/c19-13-5-2-6-15-18(13)11-8-20-7-10(11)17-14-16-9-3-1-4-12(9)21-14/h2,5-6,10-11H,1,3-4,7-8H2,(H,16,17). The Hall–Kier alpha value is -1.73. The minimum absolute atomic E-state index is 0.0314. The predicted molar refractivity (Wildman–Crippen MR) is 79.9 cm³/mol. The van der Waals surface area contributed by atoms with Gasteiger partial charge in [0.1, 0.15) is 6.04 Å². The Bertz CT molecular complexity index is 689. The van der Waals surface area contributed by atoms with Crippen LogP contribution in [0.15, 0.2) is 23.1 Å². The van der Waals surface area contributed by atoms with Gasteiger partial charge in [-0.3, -0.25) is 4.79 Å². The van der Waals surface area contributed by atoms with Crippen LogP contribution in [0.25, 0.3) is 0 Å². The number of aryl methyl sites for hydroxylation is 2. The number of hydrogen-bond acceptors (Lipinski definition) is 6. The summed E-state index contributed by atoms with van der Waals surface area (Å²) in [6, 6.07) is 3.13. The Balaban J connectivity index is 1.56. The first-order valence-corrected chi connectivity index (χ1v) is 7.99. The maximum atomic E-state index is 11.9. The maximum Gasteiger partial charge on any atom is 0.267 e. The molecule has 1 fully saturated rings. The molecule has 0 saturated carbocycles. The second-order valence-corrected chi connectivity index (χ2v) is 6.49. The van der Waals surface area contributed by atoms with Crippen molar-refractivity contribution in [1.29, 1.82) is 0 Å². The summed E-state index contributed by atoms with van der Waals surface area (Å²) in [5, 5.41) is 8.53. The molecule has 2 atom stereocenters. The lowest BCUT2D eigenvalue weighted by atomic mass is 10.2. The van der Waals surface area contributed by atoms with Crippen molar-refractivity contribution in [2.24, 2.45) is 0 Å². The molecular weight excluding hydrogens is 288 g/mol. The molecule has 1 aliphatic carbocycles. The lowest BCUT2D eigenvalue weighted by molar-refractivity contribution is 0.182. The van der Waals surface area contributed by atoms with E-state index in [-0.39, 0.29) is 17.6 Å². The van der Waals surface area contributed by atoms with E-state index >= 15 is 0 Å². The SMILES string of the molecule is O=c1cccnn1C1COCC1Nc1nc2c(s1)CCC2. The second-order valence-electron chi connectivity index (χ2n) is 5.40. The number of nitrogens with one attached hydrogen (secondary N) is 1. The number of hydrogen-bond donors (Lipinski definition) is 1. The molecular formula is C14H16N4O2S. The number of fused-ring (bicyclic) bond motifs is 1. The molecule has 0 radical (unpaired) electrons. The van der Waals surface area contributed by atoms with E-state index in [2.05, 4.69) is 15.4 Å². The molecule has 4 rings (SSSR count). The van der Waals surface area contributed by atoms with Crippen LogP contribution in [-0.4, -0.2) is 34.0 Å². The number of nitrogens with zero attached hydrogens (tertiary/aromatic N) is 3. The van der Waals surface area contributed by atoms with Crippen molar-refractivity contribution in [3.63, 3.8) is 0 Å². The fourth-order valence-electron chi connectivity index (χ4n) is 2.95. The molecule has 0 amide bonds. The summed E-state index contributed by atoms with van der Waals surface area (Å²) in [4.78, 5) is 18.0. The monoisotopic (exact) mass is 304 g/mol. The Morgan fingerprint density at radius 3 is 3.19 bits per heavy atom. The van der Waals surface area contributed by atoms with E-state index in [0.717, 1.165) is 18.0 Å². The van der Waals surface area contributed by atoms with Crippen LogP contribution in [-0.2, 0) is 17.6 Å². The van der Waals surface area contributed by atoms with Crippen LogP contribution < -0.4 is 10.9 Å². The van der Waals surface area contributed by atoms with E-state index in [0.29, 0.717) is 13.2 Å². The van der Waals surface area contributed by atoms with Crippen molar-refractivity contribution in [3.05, 3.63) is 39.3 Å². The van der Waals surface area contributed by atoms with Crippen molar-refractivity contribution < 1.29 is 4.74 Å². The molecule has 21 heavy (non-hydrogen) atoms. The average Bonchev–Trinajstić information content (AvgIpc) is 3.15. The summed E-state index contributed by atoms with van der Waals surface area (Å²) < 4.78 is 7.05. The van der Waals surface area contributed by atoms with Crippen LogP contribution in [0.1, 0.15) is 23.0 Å². The van der Waals surface area contributed by atoms with Gasteiger partial charge in [-0.2, -0.15) is 5.10 Å². The van der Waals surface area contributed by atoms with Crippen LogP contribution in [0.3, 0.4) is 0 Å². The summed E-state index contributed by atoms with van der Waals surface area (Å²) >= 11 is 1.72. The van der Waals surface area contributed by atoms with Gasteiger partial charge in [-0.25, -0.2) is 9.67 Å². The minimum Gasteiger partial charge on any atom is -0.377 e. The summed E-state index contributed by atoms with van der Waals surface area (Å²) in [6.07, 6.45) is 5.07. The smallest absolute Gasteiger partial charge is 0.267 e. The zero-order chi connectivity index (χ0) is 14.2. The van der Waals surface area contributed by atoms with Gasteiger partial charge in [0.25, 0.3) is 5.56 Å². The summed E-state index contributed by atoms with van der Waals surface area (Å²) in [6.45, 7) is 1.07. The van der Waals surface area contributed by atoms with Gasteiger partial charge in [-0.05, 0) is 25.3 Å². The number of ether oxygens (including phenoxy) is 1. The fraction of sp³-hybridized carbons (Fsp3) is 0.500. The third-order valence-corrected chi connectivity index (χ3v) is 5.10. The number of aromatic nitrogens is 3. The highest BCUT2D eigenvalue weighted by Crippen LogP contribution is 2.32. The summed E-state index contributed by atoms with van der Waals surface area (Å²) in [5.41, 5.74) is 1.13. The zero-order valence-corrected chi connectivity index (χ0v) is 12.3. The molecule has 2 aliphatic rings. The minimum atomic E-state index is -0.0959. The van der Waals surface area contributed by atoms with Gasteiger partial charge < -0.3 is 10.1 Å². The number of anilines is 1. The molecule has 2 aromatic rings. The molecule has 1 aliphatic heterocycles. The van der Waals surface area contributed by atoms with Gasteiger partial charge in [-0.15, -0.1) is 11.3 Å². The molecule has 2 aromatic heterocycles. The molecule has 110 valence electrons. The van der Waals surface area contributed by atoms with Gasteiger partial charge in [0.15, 0.2) is 5.13 Å². The topological polar surface area (TPSA) is 69.0 Å². The van der Waals surface area contributed by atoms with E-state index in [1.807, 2.05) is 0 Å². The van der Waals surface area contributed by atoms with E-state index in [9.17, 15) is 4.79 Å². The van der Waals surface area contributed by atoms with Gasteiger partial charge in [0.2, 0.25) is 0 Å². The van der Waals surface area contributed by atoms with Crippen molar-refractivity contribution in [3.8, 4) is 0 Å². The summed E-state index contributed by atoms with van der Waals surface area (Å²) in [5.74, 6) is 0. The molecule has 1 N–H and O–H groups in total. The number of thiazole rings is 1. The van der Waals surface area contributed by atoms with E-state index in [1.165, 1.54) is 27.7 Å². The van der Waals surface area contributed by atoms with Crippen LogP contribution in [0.4, 0.5) is 5.13 Å². The van der Waals surface area contributed by atoms with Crippen LogP contribution in [0.5, 0.6) is 0 Å². The molecule has 7 heteroatoms. The van der Waals surface area contributed by atoms with Gasteiger partial charge in [0.05, 0.1) is 24.9 Å². The normalized spacial score (nSPS) is 24.2. The Labute approximate surface area is 125 Å². The Kier molecular flexibility index (Phi) is 3.23. The van der Waals surface area contributed by atoms with E-state index < -0.39 is 0 Å². The second kappa shape index (κ2) is 5.23. The molecule has 0 bridgehead atoms. The molecule has 6 nitrogen and oxygen atoms in total. The highest BCUT2D eigenvalue weighted by Gasteiger charge is 2.32.